The highest BCUT2D eigenvalue weighted by Gasteiger charge is 2.47. The minimum absolute atomic E-state index is 0.00165. The number of rotatable bonds is 28. The van der Waals surface area contributed by atoms with Crippen LogP contribution in [0.2, 0.25) is 0 Å². The number of amides is 16. The van der Waals surface area contributed by atoms with Gasteiger partial charge in [0.25, 0.3) is 0 Å². The SMILES string of the molecule is CCCC[C@H]1C(=O)N(C)[C@@H](CCCC)C(=O)N[C@@H](CCCNC(=N)N)C(=O)N[C@H](C(=O)NCC(N)=O)CSCC(=O)N[C@@H](Cc2ccc(O)cc2)C(=O)N(C)[C@@H](C)C(=O)N[C@@H](CC=O)C(=O)N2CCC[C@H]2C(=O)N[C@@H](Cc2cnc[nH]2)C(=O)N[C@@H](CC(=O)O)C(=O)N2C[C@H](O)C[C@H]2C(=O)N[C@@H](Cc2c[nH]c3ccccc23)C(=O)N[C@@H](CO)C(=O)N[C@@H](Cc2cn(CC(=O)O)c3ccccc23)C(=O)N1C. The molecule has 16 amide bonds. The van der Waals surface area contributed by atoms with Crippen LogP contribution < -0.4 is 70.0 Å². The molecule has 3 aliphatic heterocycles. The zero-order valence-corrected chi connectivity index (χ0v) is 78.7. The smallest absolute Gasteiger partial charge is 0.323 e. The summed E-state index contributed by atoms with van der Waals surface area (Å²) in [7, 11) is 3.75. The molecule has 15 atom stereocenters. The maximum atomic E-state index is 15.9. The molecule has 752 valence electrons. The number of aliphatic hydroxyl groups excluding tert-OH is 2. The fourth-order valence-electron chi connectivity index (χ4n) is 16.8. The lowest BCUT2D eigenvalue weighted by Crippen LogP contribution is -2.62. The van der Waals surface area contributed by atoms with Crippen molar-refractivity contribution in [3.05, 3.63) is 120 Å². The molecule has 23 N–H and O–H groups in total. The zero-order valence-electron chi connectivity index (χ0n) is 77.8. The number of benzene rings is 3. The van der Waals surface area contributed by atoms with Gasteiger partial charge in [0.1, 0.15) is 103 Å². The molecule has 9 rings (SSSR count). The Morgan fingerprint density at radius 1 is 0.583 bits per heavy atom. The molecule has 48 heteroatoms. The zero-order chi connectivity index (χ0) is 102. The summed E-state index contributed by atoms with van der Waals surface area (Å²) in [5, 5.41) is 90.3. The van der Waals surface area contributed by atoms with E-state index < -0.39 is 279 Å². The Morgan fingerprint density at radius 2 is 1.17 bits per heavy atom. The van der Waals surface area contributed by atoms with Gasteiger partial charge < -0.3 is 139 Å². The van der Waals surface area contributed by atoms with Crippen molar-refractivity contribution in [1.29, 1.82) is 5.41 Å². The number of aromatic hydroxyl groups is 1. The molecule has 0 aliphatic carbocycles. The number of nitrogens with zero attached hydrogens (tertiary/aromatic N) is 7. The molecule has 6 aromatic rings. The fourth-order valence-corrected chi connectivity index (χ4v) is 17.7. The van der Waals surface area contributed by atoms with Crippen molar-refractivity contribution in [3.63, 3.8) is 0 Å². The number of fused-ring (bicyclic) bond motifs is 4. The molecule has 6 heterocycles. The second-order valence-corrected chi connectivity index (χ2v) is 35.5. The molecule has 3 saturated heterocycles. The number of carbonyl (C=O) groups excluding carboxylic acids is 17. The van der Waals surface area contributed by atoms with Gasteiger partial charge in [0.05, 0.1) is 37.8 Å². The Kier molecular flexibility index (Phi) is 40.1. The van der Waals surface area contributed by atoms with Gasteiger partial charge in [-0.25, -0.2) is 4.98 Å². The predicted octanol–water partition coefficient (Wildman–Crippen LogP) is -4.23. The topological polar surface area (TPSA) is 699 Å². The molecule has 0 unspecified atom stereocenters. The number of para-hydroxylation sites is 2. The number of guanidine groups is 1. The number of phenols is 1. The van der Waals surface area contributed by atoms with Crippen LogP contribution in [0, 0.1) is 5.41 Å². The normalized spacial score (nSPS) is 24.3. The number of thioether (sulfide) groups is 1. The van der Waals surface area contributed by atoms with E-state index in [4.69, 9.17) is 16.9 Å². The maximum Gasteiger partial charge on any atom is 0.323 e. The van der Waals surface area contributed by atoms with Crippen molar-refractivity contribution in [3.8, 4) is 5.75 Å². The average Bonchev–Trinajstić information content (AvgIpc) is 1.65. The minimum atomic E-state index is -2.10. The first-order chi connectivity index (χ1) is 66.2. The summed E-state index contributed by atoms with van der Waals surface area (Å²) >= 11 is 0.735. The fraction of sp³-hybridized carbons (Fsp3) is 0.505. The van der Waals surface area contributed by atoms with Crippen LogP contribution in [-0.4, -0.2) is 344 Å². The molecule has 0 spiro atoms. The lowest BCUT2D eigenvalue weighted by molar-refractivity contribution is -0.149. The summed E-state index contributed by atoms with van der Waals surface area (Å²) in [6, 6.07) is -4.92. The molecule has 3 aromatic heterocycles. The first kappa shape index (κ1) is 108. The molecule has 0 radical (unpaired) electrons. The summed E-state index contributed by atoms with van der Waals surface area (Å²) in [6.45, 7) is 1.42. The number of unbranched alkanes of at least 4 members (excludes halogenated alkanes) is 2. The Bertz CT molecular complexity index is 5440. The molecular formula is C91H123N23O24S. The number of hydrogen-bond acceptors (Lipinski definition) is 25. The number of imidazole rings is 1. The van der Waals surface area contributed by atoms with Crippen LogP contribution in [0.15, 0.2) is 97.7 Å². The van der Waals surface area contributed by atoms with Crippen LogP contribution in [0.3, 0.4) is 0 Å². The van der Waals surface area contributed by atoms with Gasteiger partial charge in [0.15, 0.2) is 5.96 Å². The number of aromatic amines is 2. The van der Waals surface area contributed by atoms with E-state index in [0.29, 0.717) is 52.1 Å². The van der Waals surface area contributed by atoms with Crippen LogP contribution in [0.25, 0.3) is 21.8 Å². The third-order valence-electron chi connectivity index (χ3n) is 24.4. The highest BCUT2D eigenvalue weighted by atomic mass is 32.2. The van der Waals surface area contributed by atoms with E-state index in [1.54, 1.807) is 62.4 Å². The third-order valence-corrected chi connectivity index (χ3v) is 25.5. The second kappa shape index (κ2) is 51.6. The number of aldehydes is 1. The van der Waals surface area contributed by atoms with Gasteiger partial charge in [-0.15, -0.1) is 11.8 Å². The standard InChI is InChI=1S/C91H123N23O24S/c1-7-9-21-69-83(131)101-59(20-15-30-96-91(93)94)79(127)108-67(78(126)98-41-73(92)119)46-139-47-74(120)100-63(33-50-25-27-54(117)28-26-50)86(134)109(4)49(3)77(125)102-60(29-32-115)88(136)113-31-16-24-70(113)84(132)104-62(36-53-40-95-48-99-53)81(129)106-65(38-75(121)122)89(137)114-43-55(118)37-72(114)85(133)103-61(34-51-39-97-58-19-13-11-17-56(51)58)80(128)107-66(45-116)82(130)105-64(87(135)111(6)71(22-10-8-2)90(138)110(69)5)35-52-42-112(44-76(123)124)68-23-14-12-18-57(52)68/h11-14,17-19,23,25-28,32,39-40,42,48-49,55,59-67,69-72,97,116-118H,7-10,15-16,20-22,24,29-31,33-38,41,43-47H2,1-6H3,(H2,92,119)(H,95,99)(H,98,126)(H,100,120)(H,101,131)(H,102,125)(H,103,133)(H,104,132)(H,105,130)(H,106,129)(H,107,128)(H,108,127)(H,121,122)(H,123,124)(H4,93,94,96)/t49-,55+,59-,60-,61-,62-,63-,64-,65-,66-,67-,69-,70-,71-,72-/m0/s1. The van der Waals surface area contributed by atoms with Gasteiger partial charge in [-0.3, -0.25) is 91.7 Å². The summed E-state index contributed by atoms with van der Waals surface area (Å²) in [5.74, 6) is -21.2. The first-order valence-corrected chi connectivity index (χ1v) is 46.8. The third kappa shape index (κ3) is 30.0. The quantitative estimate of drug-likeness (QED) is 0.00958. The summed E-state index contributed by atoms with van der Waals surface area (Å²) in [6.07, 6.45) is 1.18. The van der Waals surface area contributed by atoms with Crippen LogP contribution in [0.4, 0.5) is 0 Å². The van der Waals surface area contributed by atoms with Crippen molar-refractivity contribution >= 4 is 152 Å². The number of aliphatic hydroxyl groups is 2. The Balaban J connectivity index is 1.12. The highest BCUT2D eigenvalue weighted by Crippen LogP contribution is 2.29. The predicted molar refractivity (Wildman–Crippen MR) is 501 cm³/mol. The number of carboxylic acid groups (broad SMARTS) is 2. The summed E-state index contributed by atoms with van der Waals surface area (Å²) in [4.78, 5) is 290. The lowest BCUT2D eigenvalue weighted by atomic mass is 10.00. The molecule has 3 aromatic carbocycles. The van der Waals surface area contributed by atoms with Crippen molar-refractivity contribution in [1.82, 2.24) is 103 Å². The van der Waals surface area contributed by atoms with Crippen molar-refractivity contribution in [2.75, 3.05) is 65.4 Å². The van der Waals surface area contributed by atoms with Crippen molar-refractivity contribution in [2.45, 2.75) is 227 Å². The average molecular weight is 1960 g/mol. The number of aliphatic carboxylic acids is 2. The van der Waals surface area contributed by atoms with Gasteiger partial charge in [-0.2, -0.15) is 0 Å². The lowest BCUT2D eigenvalue weighted by Gasteiger charge is -2.36. The van der Waals surface area contributed by atoms with Crippen molar-refractivity contribution < 1.29 is 117 Å². The Morgan fingerprint density at radius 3 is 1.81 bits per heavy atom. The van der Waals surface area contributed by atoms with Gasteiger partial charge in [-0.05, 0) is 86.4 Å². The maximum absolute atomic E-state index is 15.9. The van der Waals surface area contributed by atoms with Crippen LogP contribution >= 0.6 is 11.8 Å². The number of phenolic OH excluding ortho intramolecular Hbond substituents is 1. The highest BCUT2D eigenvalue weighted by molar-refractivity contribution is 8.00. The molecule has 0 bridgehead atoms. The number of carboxylic acids is 2. The first-order valence-electron chi connectivity index (χ1n) is 45.6. The van der Waals surface area contributed by atoms with Gasteiger partial charge >= 0.3 is 11.9 Å². The van der Waals surface area contributed by atoms with E-state index in [1.165, 1.54) is 81.8 Å². The minimum Gasteiger partial charge on any atom is -0.508 e. The molecule has 139 heavy (non-hydrogen) atoms. The molecule has 3 aliphatic rings. The van der Waals surface area contributed by atoms with Gasteiger partial charge in [-0.1, -0.05) is 88.1 Å². The van der Waals surface area contributed by atoms with Crippen LogP contribution in [0.1, 0.15) is 127 Å². The van der Waals surface area contributed by atoms with Crippen LogP contribution in [0.5, 0.6) is 5.75 Å². The Labute approximate surface area is 802 Å². The number of aromatic nitrogens is 4. The molecule has 47 nitrogen and oxygen atoms in total. The molecular weight excluding hydrogens is 1830 g/mol. The number of carbonyl (C=O) groups is 19. The number of primary amides is 1. The van der Waals surface area contributed by atoms with Gasteiger partial charge in [0, 0.05) is 131 Å². The molecule has 0 saturated carbocycles. The Hall–Kier alpha value is -14.6. The van der Waals surface area contributed by atoms with E-state index in [0.717, 1.165) is 36.3 Å². The number of likely N-dealkylation sites (N-methyl/N-ethyl adjacent to an activating group) is 3. The van der Waals surface area contributed by atoms with Crippen molar-refractivity contribution in [2.24, 2.45) is 11.5 Å². The van der Waals surface area contributed by atoms with E-state index in [-0.39, 0.29) is 87.9 Å². The second-order valence-electron chi connectivity index (χ2n) is 34.5. The van der Waals surface area contributed by atoms with Crippen LogP contribution in [-0.2, 0) is 123 Å². The summed E-state index contributed by atoms with van der Waals surface area (Å²) < 4.78 is 1.38. The summed E-state index contributed by atoms with van der Waals surface area (Å²) in [5.41, 5.74) is 13.2. The molecule has 3 fully saturated rings. The van der Waals surface area contributed by atoms with E-state index in [9.17, 15) is 83.1 Å². The number of nitrogens with one attached hydrogen (secondary N) is 14. The number of hydrogen-bond donors (Lipinski definition) is 21. The van der Waals surface area contributed by atoms with E-state index in [2.05, 4.69) is 73.4 Å². The largest absolute Gasteiger partial charge is 0.508 e. The number of nitrogens with two attached hydrogens (primary N) is 2. The van der Waals surface area contributed by atoms with E-state index in [1.807, 2.05) is 0 Å². The monoisotopic (exact) mass is 1950 g/mol. The van der Waals surface area contributed by atoms with Gasteiger partial charge in [0.2, 0.25) is 94.5 Å². The van der Waals surface area contributed by atoms with E-state index >= 15 is 33.6 Å². The number of H-pyrrole nitrogens is 2.